The summed E-state index contributed by atoms with van der Waals surface area (Å²) in [5, 5.41) is 17.3. The third-order valence-electron chi connectivity index (χ3n) is 4.56. The van der Waals surface area contributed by atoms with Gasteiger partial charge in [-0.1, -0.05) is 6.07 Å². The van der Waals surface area contributed by atoms with Crippen molar-refractivity contribution in [2.24, 2.45) is 0 Å². The van der Waals surface area contributed by atoms with Crippen LogP contribution in [0.15, 0.2) is 30.3 Å². The lowest BCUT2D eigenvalue weighted by molar-refractivity contribution is -0.384. The molecule has 0 bridgehead atoms. The zero-order valence-corrected chi connectivity index (χ0v) is 15.0. The smallest absolute Gasteiger partial charge is 0.315 e. The van der Waals surface area contributed by atoms with Crippen LogP contribution in [0.3, 0.4) is 0 Å². The number of hydrogen-bond donors (Lipinski definition) is 1. The Bertz CT molecular complexity index is 1150. The Morgan fingerprint density at radius 1 is 1.28 bits per heavy atom. The lowest BCUT2D eigenvalue weighted by atomic mass is 10.2. The molecular weight excluding hydrogens is 391 g/mol. The minimum Gasteiger partial charge on any atom is -0.315 e. The molecule has 1 aliphatic carbocycles. The molecule has 3 aromatic rings. The molecule has 1 aromatic carbocycles. The van der Waals surface area contributed by atoms with Crippen molar-refractivity contribution < 1.29 is 22.9 Å². The summed E-state index contributed by atoms with van der Waals surface area (Å²) in [5.41, 5.74) is -0.932. The van der Waals surface area contributed by atoms with Gasteiger partial charge in [-0.25, -0.2) is 9.50 Å². The monoisotopic (exact) mass is 405 g/mol. The van der Waals surface area contributed by atoms with Crippen LogP contribution in [0.4, 0.5) is 24.5 Å². The number of carbonyl (C=O) groups is 1. The molecule has 1 fully saturated rings. The van der Waals surface area contributed by atoms with Crippen molar-refractivity contribution in [3.63, 3.8) is 0 Å². The first kappa shape index (κ1) is 18.8. The molecule has 2 heterocycles. The maximum atomic E-state index is 13.5. The van der Waals surface area contributed by atoms with Gasteiger partial charge in [-0.15, -0.1) is 0 Å². The Morgan fingerprint density at radius 2 is 2.00 bits per heavy atom. The van der Waals surface area contributed by atoms with Crippen LogP contribution in [0.1, 0.15) is 46.2 Å². The summed E-state index contributed by atoms with van der Waals surface area (Å²) in [6, 6.07) is 6.29. The number of nitrogens with zero attached hydrogens (tertiary/aromatic N) is 4. The quantitative estimate of drug-likeness (QED) is 0.520. The SMILES string of the molecule is Cc1ccc(NC(=O)c2cc3nc(C4CC4)cc(C(F)(F)F)n3n2)c([N+](=O)[O-])c1. The Hall–Kier alpha value is -3.50. The molecule has 4 rings (SSSR count). The highest BCUT2D eigenvalue weighted by atomic mass is 19.4. The molecule has 1 N–H and O–H groups in total. The van der Waals surface area contributed by atoms with Crippen LogP contribution in [-0.2, 0) is 6.18 Å². The van der Waals surface area contributed by atoms with E-state index in [4.69, 9.17) is 0 Å². The minimum atomic E-state index is -4.68. The number of alkyl halides is 3. The van der Waals surface area contributed by atoms with Crippen LogP contribution in [0.25, 0.3) is 5.65 Å². The second kappa shape index (κ2) is 6.54. The molecule has 1 saturated carbocycles. The highest BCUT2D eigenvalue weighted by molar-refractivity contribution is 6.04. The highest BCUT2D eigenvalue weighted by Gasteiger charge is 2.37. The Kier molecular flexibility index (Phi) is 4.25. The van der Waals surface area contributed by atoms with Crippen LogP contribution in [0.5, 0.6) is 0 Å². The average Bonchev–Trinajstić information content (AvgIpc) is 3.40. The first-order chi connectivity index (χ1) is 13.6. The van der Waals surface area contributed by atoms with E-state index < -0.39 is 22.7 Å². The first-order valence-electron chi connectivity index (χ1n) is 8.68. The van der Waals surface area contributed by atoms with Crippen molar-refractivity contribution in [2.45, 2.75) is 31.9 Å². The number of hydrogen-bond acceptors (Lipinski definition) is 5. The fraction of sp³-hybridized carbons (Fsp3) is 0.278. The van der Waals surface area contributed by atoms with Gasteiger partial charge in [0.05, 0.1) is 4.92 Å². The summed E-state index contributed by atoms with van der Waals surface area (Å²) in [4.78, 5) is 27.2. The minimum absolute atomic E-state index is 0.0246. The summed E-state index contributed by atoms with van der Waals surface area (Å²) >= 11 is 0. The van der Waals surface area contributed by atoms with Gasteiger partial charge in [-0.3, -0.25) is 14.9 Å². The number of aryl methyl sites for hydroxylation is 1. The van der Waals surface area contributed by atoms with E-state index in [9.17, 15) is 28.1 Å². The van der Waals surface area contributed by atoms with E-state index in [1.54, 1.807) is 13.0 Å². The van der Waals surface area contributed by atoms with Gasteiger partial charge in [0, 0.05) is 23.7 Å². The second-order valence-corrected chi connectivity index (χ2v) is 6.87. The van der Waals surface area contributed by atoms with Crippen LogP contribution in [0, 0.1) is 17.0 Å². The van der Waals surface area contributed by atoms with Crippen LogP contribution in [0.2, 0.25) is 0 Å². The molecule has 0 saturated heterocycles. The molecule has 8 nitrogen and oxygen atoms in total. The molecule has 0 aliphatic heterocycles. The molecule has 0 unspecified atom stereocenters. The molecule has 0 atom stereocenters. The Labute approximate surface area is 161 Å². The van der Waals surface area contributed by atoms with Gasteiger partial charge in [0.1, 0.15) is 11.4 Å². The van der Waals surface area contributed by atoms with Crippen molar-refractivity contribution in [3.8, 4) is 0 Å². The normalized spacial score (nSPS) is 14.2. The number of nitrogens with one attached hydrogen (secondary N) is 1. The Morgan fingerprint density at radius 3 is 2.62 bits per heavy atom. The number of nitro groups is 1. The standard InChI is InChI=1S/C18H14F3N5O3/c1-9-2-5-11(14(6-9)26(28)29)23-17(27)13-8-16-22-12(10-3-4-10)7-15(18(19,20)21)25(16)24-13/h2,5-8,10H,3-4H2,1H3,(H,23,27). The summed E-state index contributed by atoms with van der Waals surface area (Å²) in [7, 11) is 0. The third kappa shape index (κ3) is 3.62. The maximum absolute atomic E-state index is 13.5. The number of benzene rings is 1. The van der Waals surface area contributed by atoms with Gasteiger partial charge >= 0.3 is 6.18 Å². The second-order valence-electron chi connectivity index (χ2n) is 6.87. The topological polar surface area (TPSA) is 102 Å². The lowest BCUT2D eigenvalue weighted by Gasteiger charge is -2.10. The van der Waals surface area contributed by atoms with E-state index in [1.165, 1.54) is 12.1 Å². The van der Waals surface area contributed by atoms with E-state index >= 15 is 0 Å². The molecule has 0 radical (unpaired) electrons. The number of halogens is 3. The number of rotatable bonds is 4. The molecule has 11 heteroatoms. The van der Waals surface area contributed by atoms with E-state index in [0.717, 1.165) is 25.0 Å². The molecule has 2 aromatic heterocycles. The van der Waals surface area contributed by atoms with Gasteiger partial charge in [0.2, 0.25) is 0 Å². The molecular formula is C18H14F3N5O3. The number of fused-ring (bicyclic) bond motifs is 1. The van der Waals surface area contributed by atoms with Gasteiger partial charge in [0.15, 0.2) is 11.3 Å². The van der Waals surface area contributed by atoms with Crippen LogP contribution >= 0.6 is 0 Å². The number of amides is 1. The largest absolute Gasteiger partial charge is 0.433 e. The van der Waals surface area contributed by atoms with Crippen molar-refractivity contribution >= 4 is 22.9 Å². The molecule has 29 heavy (non-hydrogen) atoms. The third-order valence-corrected chi connectivity index (χ3v) is 4.56. The number of nitro benzene ring substituents is 1. The molecule has 150 valence electrons. The lowest BCUT2D eigenvalue weighted by Crippen LogP contribution is -2.16. The van der Waals surface area contributed by atoms with E-state index in [2.05, 4.69) is 15.4 Å². The fourth-order valence-corrected chi connectivity index (χ4v) is 2.98. The highest BCUT2D eigenvalue weighted by Crippen LogP contribution is 2.41. The van der Waals surface area contributed by atoms with Crippen molar-refractivity contribution in [1.82, 2.24) is 14.6 Å². The van der Waals surface area contributed by atoms with Crippen molar-refractivity contribution in [2.75, 3.05) is 5.32 Å². The summed E-state index contributed by atoms with van der Waals surface area (Å²) in [6.07, 6.45) is -3.15. The summed E-state index contributed by atoms with van der Waals surface area (Å²) in [6.45, 7) is 1.66. The van der Waals surface area contributed by atoms with Crippen molar-refractivity contribution in [1.29, 1.82) is 0 Å². The van der Waals surface area contributed by atoms with Gasteiger partial charge < -0.3 is 5.32 Å². The van der Waals surface area contributed by atoms with Crippen LogP contribution < -0.4 is 5.32 Å². The predicted molar refractivity (Wildman–Crippen MR) is 95.8 cm³/mol. The zero-order chi connectivity index (χ0) is 20.9. The fourth-order valence-electron chi connectivity index (χ4n) is 2.98. The van der Waals surface area contributed by atoms with E-state index in [0.29, 0.717) is 15.8 Å². The maximum Gasteiger partial charge on any atom is 0.433 e. The van der Waals surface area contributed by atoms with E-state index in [-0.39, 0.29) is 28.6 Å². The van der Waals surface area contributed by atoms with Gasteiger partial charge in [-0.05, 0) is 37.5 Å². The van der Waals surface area contributed by atoms with E-state index in [1.807, 2.05) is 0 Å². The Balaban J connectivity index is 1.73. The molecule has 1 aliphatic rings. The average molecular weight is 405 g/mol. The van der Waals surface area contributed by atoms with Gasteiger partial charge in [-0.2, -0.15) is 18.3 Å². The first-order valence-corrected chi connectivity index (χ1v) is 8.68. The predicted octanol–water partition coefficient (Wildman–Crippen LogP) is 4.09. The van der Waals surface area contributed by atoms with Gasteiger partial charge in [0.25, 0.3) is 11.6 Å². The molecule has 0 spiro atoms. The zero-order valence-electron chi connectivity index (χ0n) is 15.0. The number of aromatic nitrogens is 3. The van der Waals surface area contributed by atoms with Crippen LogP contribution in [-0.4, -0.2) is 25.4 Å². The summed E-state index contributed by atoms with van der Waals surface area (Å²) in [5.74, 6) is -0.896. The number of carbonyl (C=O) groups excluding carboxylic acids is 1. The van der Waals surface area contributed by atoms with Crippen molar-refractivity contribution in [3.05, 3.63) is 63.1 Å². The number of anilines is 1. The summed E-state index contributed by atoms with van der Waals surface area (Å²) < 4.78 is 40.9. The molecule has 1 amide bonds.